The van der Waals surface area contributed by atoms with Gasteiger partial charge in [-0.05, 0) is 30.4 Å². The monoisotopic (exact) mass is 401 g/mol. The van der Waals surface area contributed by atoms with Crippen LogP contribution in [0.1, 0.15) is 27.3 Å². The number of aromatic amines is 1. The highest BCUT2D eigenvalue weighted by atomic mass is 32.2. The number of hydrogen-bond donors (Lipinski definition) is 3. The molecule has 4 rings (SSSR count). The lowest BCUT2D eigenvalue weighted by Crippen LogP contribution is -2.12. The first-order valence-corrected chi connectivity index (χ1v) is 9.00. The molecule has 0 saturated heterocycles. The van der Waals surface area contributed by atoms with E-state index in [-0.39, 0.29) is 50.7 Å². The van der Waals surface area contributed by atoms with Gasteiger partial charge in [0.15, 0.2) is 0 Å². The number of rotatable bonds is 2. The minimum Gasteiger partial charge on any atom is -0.505 e. The van der Waals surface area contributed by atoms with Crippen LogP contribution in [0.2, 0.25) is 0 Å². The standard InChI is InChI=1S/C16H10N2O5S2.Al/c19-15-9-5-7(24)1-3-11(9)17-13(15)14-16(20)10-6-8(25(21,22)23)2-4-12(10)18-14;/h1-4,6,17,19H,5H2,(H,21,22,23);. The van der Waals surface area contributed by atoms with Gasteiger partial charge in [-0.15, -0.1) is 0 Å². The third-order valence-electron chi connectivity index (χ3n) is 4.09. The molecule has 0 spiro atoms. The number of nitrogens with one attached hydrogen (secondary N) is 1. The Morgan fingerprint density at radius 3 is 2.65 bits per heavy atom. The fourth-order valence-corrected chi connectivity index (χ4v) is 3.59. The quantitative estimate of drug-likeness (QED) is 0.401. The molecule has 7 nitrogen and oxygen atoms in total. The lowest BCUT2D eigenvalue weighted by atomic mass is 10.0. The maximum absolute atomic E-state index is 12.6. The highest BCUT2D eigenvalue weighted by molar-refractivity contribution is 7.85. The molecule has 1 aliphatic carbocycles. The van der Waals surface area contributed by atoms with E-state index in [0.717, 1.165) is 12.1 Å². The number of thiocarbonyl (C=S) groups is 1. The van der Waals surface area contributed by atoms with Crippen LogP contribution in [0.4, 0.5) is 5.69 Å². The van der Waals surface area contributed by atoms with Crippen molar-refractivity contribution in [2.75, 3.05) is 0 Å². The summed E-state index contributed by atoms with van der Waals surface area (Å²) < 4.78 is 31.6. The van der Waals surface area contributed by atoms with E-state index >= 15 is 0 Å². The van der Waals surface area contributed by atoms with Crippen molar-refractivity contribution in [3.63, 3.8) is 0 Å². The maximum Gasteiger partial charge on any atom is 0.294 e. The van der Waals surface area contributed by atoms with Crippen LogP contribution in [-0.4, -0.2) is 56.8 Å². The van der Waals surface area contributed by atoms with Crippen molar-refractivity contribution in [2.24, 2.45) is 4.99 Å². The molecular formula is C16H10AlN2O5S2. The van der Waals surface area contributed by atoms with Crippen LogP contribution >= 0.6 is 12.2 Å². The SMILES string of the molecule is O=C1C(c2[nH]c3c(c2O)CC(=S)C=C3)=Nc2ccc(S(=O)(=O)O)cc21.[Al]. The summed E-state index contributed by atoms with van der Waals surface area (Å²) in [5, 5.41) is 10.4. The maximum atomic E-state index is 12.6. The topological polar surface area (TPSA) is 120 Å². The van der Waals surface area contributed by atoms with Gasteiger partial charge in [-0.1, -0.05) is 12.2 Å². The zero-order chi connectivity index (χ0) is 17.9. The lowest BCUT2D eigenvalue weighted by molar-refractivity contribution is 0.106. The molecule has 3 radical (unpaired) electrons. The van der Waals surface area contributed by atoms with Crippen LogP contribution < -0.4 is 0 Å². The molecular weight excluding hydrogens is 391 g/mol. The molecule has 1 aromatic heterocycles. The lowest BCUT2D eigenvalue weighted by Gasteiger charge is -2.05. The van der Waals surface area contributed by atoms with Gasteiger partial charge in [0.1, 0.15) is 17.2 Å². The van der Waals surface area contributed by atoms with E-state index in [1.54, 1.807) is 12.2 Å². The molecule has 0 atom stereocenters. The van der Waals surface area contributed by atoms with E-state index in [9.17, 15) is 18.3 Å². The van der Waals surface area contributed by atoms with E-state index in [1.807, 2.05) is 0 Å². The highest BCUT2D eigenvalue weighted by Crippen LogP contribution is 2.36. The second-order valence-corrected chi connectivity index (χ2v) is 7.61. The van der Waals surface area contributed by atoms with Crippen molar-refractivity contribution in [3.8, 4) is 5.75 Å². The van der Waals surface area contributed by atoms with Gasteiger partial charge in [0.05, 0.1) is 16.1 Å². The highest BCUT2D eigenvalue weighted by Gasteiger charge is 2.32. The zero-order valence-electron chi connectivity index (χ0n) is 13.1. The fourth-order valence-electron chi connectivity index (χ4n) is 2.87. The molecule has 0 unspecified atom stereocenters. The Hall–Kier alpha value is -2.09. The molecule has 26 heavy (non-hydrogen) atoms. The van der Waals surface area contributed by atoms with Gasteiger partial charge in [0.2, 0.25) is 5.78 Å². The number of benzene rings is 1. The number of nitrogens with zero attached hydrogens (tertiary/aromatic N) is 1. The summed E-state index contributed by atoms with van der Waals surface area (Å²) in [7, 11) is -4.43. The van der Waals surface area contributed by atoms with Crippen LogP contribution in [0.25, 0.3) is 6.08 Å². The average molecular weight is 401 g/mol. The van der Waals surface area contributed by atoms with Crippen molar-refractivity contribution in [3.05, 3.63) is 46.8 Å². The number of carbonyl (C=O) groups is 1. The number of fused-ring (bicyclic) bond motifs is 2. The van der Waals surface area contributed by atoms with E-state index < -0.39 is 15.9 Å². The third kappa shape index (κ3) is 2.86. The number of aliphatic imine (C=N–C) groups is 1. The van der Waals surface area contributed by atoms with Crippen molar-refractivity contribution in [1.29, 1.82) is 0 Å². The summed E-state index contributed by atoms with van der Waals surface area (Å²) in [6.45, 7) is 0. The molecule has 1 aliphatic heterocycles. The van der Waals surface area contributed by atoms with Crippen LogP contribution in [-0.2, 0) is 16.5 Å². The number of Topliss-reactive ketones (excluding diaryl/α,β-unsaturated/α-hetero) is 1. The molecule has 3 N–H and O–H groups in total. The zero-order valence-corrected chi connectivity index (χ0v) is 15.8. The largest absolute Gasteiger partial charge is 0.505 e. The van der Waals surface area contributed by atoms with Crippen LogP contribution in [0.5, 0.6) is 5.75 Å². The number of hydrogen-bond acceptors (Lipinski definition) is 6. The summed E-state index contributed by atoms with van der Waals surface area (Å²) in [6.07, 6.45) is 3.83. The Labute approximate surface area is 164 Å². The third-order valence-corrected chi connectivity index (χ3v) is 5.22. The first-order chi connectivity index (χ1) is 11.8. The first-order valence-electron chi connectivity index (χ1n) is 7.15. The van der Waals surface area contributed by atoms with Gasteiger partial charge in [0, 0.05) is 39.9 Å². The molecule has 1 aromatic carbocycles. The molecule has 0 saturated carbocycles. The van der Waals surface area contributed by atoms with Crippen LogP contribution in [0, 0.1) is 0 Å². The van der Waals surface area contributed by atoms with Gasteiger partial charge in [-0.25, -0.2) is 4.99 Å². The van der Waals surface area contributed by atoms with E-state index in [2.05, 4.69) is 9.98 Å². The predicted molar refractivity (Wildman–Crippen MR) is 100 cm³/mol. The predicted octanol–water partition coefficient (Wildman–Crippen LogP) is 1.84. The number of allylic oxidation sites excluding steroid dienone is 1. The summed E-state index contributed by atoms with van der Waals surface area (Å²) in [4.78, 5) is 20.0. The Balaban J connectivity index is 0.00000196. The van der Waals surface area contributed by atoms with Crippen molar-refractivity contribution >= 4 is 67.8 Å². The first kappa shape index (κ1) is 18.7. The molecule has 0 bridgehead atoms. The molecule has 10 heteroatoms. The van der Waals surface area contributed by atoms with E-state index in [1.165, 1.54) is 6.07 Å². The number of carbonyl (C=O) groups excluding carboxylic acids is 1. The molecule has 129 valence electrons. The normalized spacial score (nSPS) is 15.3. The van der Waals surface area contributed by atoms with Crippen molar-refractivity contribution in [2.45, 2.75) is 11.3 Å². The second-order valence-electron chi connectivity index (χ2n) is 5.66. The molecule has 0 fully saturated rings. The fraction of sp³-hybridized carbons (Fsp3) is 0.0625. The average Bonchev–Trinajstić information content (AvgIpc) is 3.04. The summed E-state index contributed by atoms with van der Waals surface area (Å²) in [5.74, 6) is -0.641. The summed E-state index contributed by atoms with van der Waals surface area (Å²) in [6, 6.07) is 3.56. The number of ketones is 1. The summed E-state index contributed by atoms with van der Waals surface area (Å²) >= 11 is 5.13. The van der Waals surface area contributed by atoms with Gasteiger partial charge in [0.25, 0.3) is 10.1 Å². The van der Waals surface area contributed by atoms with Crippen molar-refractivity contribution in [1.82, 2.24) is 4.98 Å². The van der Waals surface area contributed by atoms with Crippen LogP contribution in [0.3, 0.4) is 0 Å². The summed E-state index contributed by atoms with van der Waals surface area (Å²) in [5.41, 5.74) is 1.69. The van der Waals surface area contributed by atoms with Gasteiger partial charge in [-0.2, -0.15) is 8.42 Å². The molecule has 0 amide bonds. The minimum atomic E-state index is -4.43. The number of aromatic hydroxyl groups is 1. The van der Waals surface area contributed by atoms with Gasteiger partial charge in [-0.3, -0.25) is 9.35 Å². The Kier molecular flexibility index (Phi) is 4.50. The number of aromatic nitrogens is 1. The molecule has 2 aliphatic rings. The Bertz CT molecular complexity index is 1150. The smallest absolute Gasteiger partial charge is 0.294 e. The second kappa shape index (κ2) is 6.26. The van der Waals surface area contributed by atoms with Crippen molar-refractivity contribution < 1.29 is 22.9 Å². The van der Waals surface area contributed by atoms with Gasteiger partial charge >= 0.3 is 0 Å². The van der Waals surface area contributed by atoms with E-state index in [0.29, 0.717) is 22.5 Å². The van der Waals surface area contributed by atoms with Crippen LogP contribution in [0.15, 0.2) is 34.2 Å². The van der Waals surface area contributed by atoms with E-state index in [4.69, 9.17) is 16.8 Å². The van der Waals surface area contributed by atoms with Gasteiger partial charge < -0.3 is 10.1 Å². The molecule has 2 aromatic rings. The Morgan fingerprint density at radius 2 is 1.96 bits per heavy atom. The number of H-pyrrole nitrogens is 1. The Morgan fingerprint density at radius 1 is 1.23 bits per heavy atom. The minimum absolute atomic E-state index is 0. The molecule has 2 heterocycles.